The number of hydrogen-bond donors (Lipinski definition) is 2. The van der Waals surface area contributed by atoms with Gasteiger partial charge in [0, 0.05) is 41.4 Å². The highest BCUT2D eigenvalue weighted by Crippen LogP contribution is 2.42. The van der Waals surface area contributed by atoms with Crippen LogP contribution in [0.2, 0.25) is 0 Å². The van der Waals surface area contributed by atoms with E-state index in [2.05, 4.69) is 21.1 Å². The molecular weight excluding hydrogens is 709 g/mol. The van der Waals surface area contributed by atoms with Crippen molar-refractivity contribution in [3.8, 4) is 0 Å². The van der Waals surface area contributed by atoms with Crippen molar-refractivity contribution < 1.29 is 33.6 Å². The van der Waals surface area contributed by atoms with E-state index < -0.39 is 53.5 Å². The number of aryl methyl sites for hydroxylation is 1. The Labute approximate surface area is 330 Å². The van der Waals surface area contributed by atoms with E-state index in [-0.39, 0.29) is 12.3 Å². The van der Waals surface area contributed by atoms with Crippen LogP contribution in [0.5, 0.6) is 0 Å². The number of nitrogens with one attached hydrogen (secondary N) is 1. The van der Waals surface area contributed by atoms with E-state index in [4.69, 9.17) is 24.5 Å². The van der Waals surface area contributed by atoms with Crippen LogP contribution in [0.4, 0.5) is 0 Å². The fraction of sp³-hybridized carbons (Fsp3) is 0.511. The number of fused-ring (bicyclic) bond motifs is 1. The molecule has 0 spiro atoms. The van der Waals surface area contributed by atoms with Gasteiger partial charge in [0.25, 0.3) is 0 Å². The van der Waals surface area contributed by atoms with Gasteiger partial charge in [-0.3, -0.25) is 9.59 Å². The molecule has 5 atom stereocenters. The number of ether oxygens (including phenoxy) is 4. The number of azide groups is 1. The summed E-state index contributed by atoms with van der Waals surface area (Å²) in [5.74, 6) is -2.52. The van der Waals surface area contributed by atoms with Crippen LogP contribution in [-0.2, 0) is 41.4 Å². The maximum absolute atomic E-state index is 14.3. The number of benzene rings is 3. The third kappa shape index (κ3) is 10.6. The Balaban J connectivity index is 1.45. The molecular formula is C45H58N4O7. The van der Waals surface area contributed by atoms with Crippen molar-refractivity contribution in [3.63, 3.8) is 0 Å². The Kier molecular flexibility index (Phi) is 14.8. The molecule has 1 aliphatic rings. The molecule has 2 N–H and O–H groups in total. The summed E-state index contributed by atoms with van der Waals surface area (Å²) in [6, 6.07) is 27.7. The van der Waals surface area contributed by atoms with E-state index in [1.165, 1.54) is 0 Å². The first kappa shape index (κ1) is 42.5. The lowest BCUT2D eigenvalue weighted by atomic mass is 9.76. The maximum atomic E-state index is 14.3. The molecule has 0 amide bonds. The number of H-pyrrole nitrogens is 1. The van der Waals surface area contributed by atoms with Crippen molar-refractivity contribution in [1.82, 2.24) is 4.98 Å². The first-order chi connectivity index (χ1) is 26.9. The SMILES string of the molecule is CC(c1ccccc1)C(C)(C)C(=O)O[C@H]1C[C@@H](OC(=O)C(C)(C)Cc2ccccc2)[C@](CCc2c[nH]c3ccccc23)(OCCCCCCN=[N+]=[N-])O[C@@H]1CO. The summed E-state index contributed by atoms with van der Waals surface area (Å²) >= 11 is 0. The van der Waals surface area contributed by atoms with Crippen LogP contribution in [0.1, 0.15) is 95.8 Å². The van der Waals surface area contributed by atoms with Crippen molar-refractivity contribution in [2.75, 3.05) is 19.8 Å². The van der Waals surface area contributed by atoms with Gasteiger partial charge in [-0.15, -0.1) is 0 Å². The number of unbranched alkanes of at least 4 members (excludes halogenated alkanes) is 3. The summed E-state index contributed by atoms with van der Waals surface area (Å²) in [5.41, 5.74) is 10.8. The topological polar surface area (TPSA) is 156 Å². The highest BCUT2D eigenvalue weighted by molar-refractivity contribution is 5.83. The Bertz CT molecular complexity index is 1910. The van der Waals surface area contributed by atoms with Crippen LogP contribution in [0.15, 0.2) is 96.2 Å². The van der Waals surface area contributed by atoms with Crippen molar-refractivity contribution in [1.29, 1.82) is 0 Å². The highest BCUT2D eigenvalue weighted by atomic mass is 16.7. The minimum Gasteiger partial charge on any atom is -0.459 e. The zero-order chi connectivity index (χ0) is 40.2. The first-order valence-electron chi connectivity index (χ1n) is 19.9. The fourth-order valence-electron chi connectivity index (χ4n) is 7.45. The van der Waals surface area contributed by atoms with Crippen LogP contribution in [-0.4, -0.2) is 65.9 Å². The van der Waals surface area contributed by atoms with Gasteiger partial charge in [-0.1, -0.05) is 104 Å². The van der Waals surface area contributed by atoms with Gasteiger partial charge < -0.3 is 29.0 Å². The number of aromatic amines is 1. The maximum Gasteiger partial charge on any atom is 0.312 e. The molecule has 1 aromatic heterocycles. The molecule has 0 radical (unpaired) electrons. The molecule has 0 bridgehead atoms. The molecule has 11 heteroatoms. The van der Waals surface area contributed by atoms with E-state index in [1.807, 2.05) is 120 Å². The van der Waals surface area contributed by atoms with E-state index in [0.717, 1.165) is 46.9 Å². The van der Waals surface area contributed by atoms with Crippen molar-refractivity contribution in [2.45, 2.75) is 116 Å². The number of aliphatic hydroxyl groups is 1. The molecule has 2 heterocycles. The van der Waals surface area contributed by atoms with Gasteiger partial charge in [-0.05, 0) is 87.6 Å². The molecule has 0 saturated carbocycles. The Morgan fingerprint density at radius 1 is 0.946 bits per heavy atom. The van der Waals surface area contributed by atoms with E-state index in [9.17, 15) is 14.7 Å². The van der Waals surface area contributed by atoms with Gasteiger partial charge in [0.2, 0.25) is 5.79 Å². The molecule has 1 saturated heterocycles. The van der Waals surface area contributed by atoms with Crippen LogP contribution >= 0.6 is 0 Å². The second-order valence-electron chi connectivity index (χ2n) is 16.2. The van der Waals surface area contributed by atoms with Gasteiger partial charge in [-0.2, -0.15) is 0 Å². The number of aromatic nitrogens is 1. The summed E-state index contributed by atoms with van der Waals surface area (Å²) in [5, 5.41) is 15.5. The monoisotopic (exact) mass is 766 g/mol. The molecule has 4 aromatic rings. The summed E-state index contributed by atoms with van der Waals surface area (Å²) in [4.78, 5) is 34.5. The number of carbonyl (C=O) groups is 2. The second-order valence-corrected chi connectivity index (χ2v) is 16.2. The predicted molar refractivity (Wildman–Crippen MR) is 217 cm³/mol. The average Bonchev–Trinajstić information content (AvgIpc) is 3.62. The molecule has 3 aromatic carbocycles. The molecule has 0 aliphatic carbocycles. The Hall–Kier alpha value is -4.67. The van der Waals surface area contributed by atoms with E-state index in [0.29, 0.717) is 38.8 Å². The van der Waals surface area contributed by atoms with E-state index >= 15 is 0 Å². The third-order valence-electron chi connectivity index (χ3n) is 11.3. The zero-order valence-electron chi connectivity index (χ0n) is 33.5. The summed E-state index contributed by atoms with van der Waals surface area (Å²) in [7, 11) is 0. The van der Waals surface area contributed by atoms with Gasteiger partial charge in [0.05, 0.1) is 24.0 Å². The number of carbonyl (C=O) groups excluding carboxylic acids is 2. The van der Waals surface area contributed by atoms with Crippen LogP contribution in [0.3, 0.4) is 0 Å². The van der Waals surface area contributed by atoms with Crippen LogP contribution < -0.4 is 0 Å². The number of aliphatic hydroxyl groups excluding tert-OH is 1. The van der Waals surface area contributed by atoms with Gasteiger partial charge in [0.1, 0.15) is 12.2 Å². The smallest absolute Gasteiger partial charge is 0.312 e. The van der Waals surface area contributed by atoms with Gasteiger partial charge in [-0.25, -0.2) is 0 Å². The number of para-hydroxylation sites is 1. The molecule has 1 unspecified atom stereocenters. The molecule has 11 nitrogen and oxygen atoms in total. The molecule has 1 fully saturated rings. The largest absolute Gasteiger partial charge is 0.459 e. The lowest BCUT2D eigenvalue weighted by Gasteiger charge is -2.49. The van der Waals surface area contributed by atoms with Gasteiger partial charge in [0.15, 0.2) is 6.10 Å². The summed E-state index contributed by atoms with van der Waals surface area (Å²) in [6.45, 7) is 9.72. The number of rotatable bonds is 20. The lowest BCUT2D eigenvalue weighted by molar-refractivity contribution is -0.347. The molecule has 300 valence electrons. The fourth-order valence-corrected chi connectivity index (χ4v) is 7.45. The van der Waals surface area contributed by atoms with Crippen LogP contribution in [0.25, 0.3) is 21.3 Å². The minimum absolute atomic E-state index is 0.0694. The van der Waals surface area contributed by atoms with Crippen LogP contribution in [0, 0.1) is 10.8 Å². The third-order valence-corrected chi connectivity index (χ3v) is 11.3. The lowest BCUT2D eigenvalue weighted by Crippen LogP contribution is -2.62. The minimum atomic E-state index is -1.47. The standard InChI is InChI=1S/C45H58N4O7/c1-32(34-20-12-9-13-21-34)44(4,5)42(52)54-38-28-40(55-41(51)43(2,3)29-33-18-10-8-11-19-33)45(56-39(38)31-50,53-27-17-7-6-16-26-48-49-46)25-24-35-30-47-37-23-15-14-22-36(35)37/h8-15,18-23,30,32,38-40,47,50H,6-7,16-17,24-29,31H2,1-5H3/t32?,38-,39+,40+,45+/m0/s1. The molecule has 5 rings (SSSR count). The van der Waals surface area contributed by atoms with E-state index in [1.54, 1.807) is 0 Å². The number of esters is 2. The summed E-state index contributed by atoms with van der Waals surface area (Å²) < 4.78 is 26.4. The Morgan fingerprint density at radius 2 is 1.62 bits per heavy atom. The highest BCUT2D eigenvalue weighted by Gasteiger charge is 2.54. The number of hydrogen-bond acceptors (Lipinski definition) is 8. The summed E-state index contributed by atoms with van der Waals surface area (Å²) in [6.07, 6.45) is 3.59. The van der Waals surface area contributed by atoms with Crippen molar-refractivity contribution >= 4 is 22.8 Å². The average molecular weight is 767 g/mol. The Morgan fingerprint density at radius 3 is 2.34 bits per heavy atom. The zero-order valence-corrected chi connectivity index (χ0v) is 33.5. The number of nitrogens with zero attached hydrogens (tertiary/aromatic N) is 3. The quantitative estimate of drug-likeness (QED) is 0.0298. The normalized spacial score (nSPS) is 20.6. The van der Waals surface area contributed by atoms with Crippen molar-refractivity contribution in [3.05, 3.63) is 118 Å². The molecule has 56 heavy (non-hydrogen) atoms. The first-order valence-corrected chi connectivity index (χ1v) is 19.9. The van der Waals surface area contributed by atoms with Crippen molar-refractivity contribution in [2.24, 2.45) is 15.9 Å². The second kappa shape index (κ2) is 19.5. The molecule has 1 aliphatic heterocycles. The predicted octanol–water partition coefficient (Wildman–Crippen LogP) is 9.39. The van der Waals surface area contributed by atoms with Gasteiger partial charge >= 0.3 is 11.9 Å².